The maximum absolute atomic E-state index is 12.8. The lowest BCUT2D eigenvalue weighted by Crippen LogP contribution is -2.32. The van der Waals surface area contributed by atoms with E-state index in [-0.39, 0.29) is 11.8 Å². The molecule has 0 radical (unpaired) electrons. The Morgan fingerprint density at radius 2 is 2.00 bits per heavy atom. The highest BCUT2D eigenvalue weighted by atomic mass is 16.1. The predicted molar refractivity (Wildman–Crippen MR) is 119 cm³/mol. The molecule has 0 aromatic carbocycles. The van der Waals surface area contributed by atoms with Crippen molar-refractivity contribution in [2.75, 3.05) is 0 Å². The van der Waals surface area contributed by atoms with Gasteiger partial charge in [-0.2, -0.15) is 5.26 Å². The fourth-order valence-electron chi connectivity index (χ4n) is 5.57. The first kappa shape index (κ1) is 20.0. The fourth-order valence-corrected chi connectivity index (χ4v) is 5.57. The van der Waals surface area contributed by atoms with Crippen LogP contribution in [0.1, 0.15) is 76.1 Å². The Balaban J connectivity index is 1.45. The molecule has 2 aliphatic rings. The Kier molecular flexibility index (Phi) is 5.63. The van der Waals surface area contributed by atoms with Crippen molar-refractivity contribution in [3.8, 4) is 6.07 Å². The second kappa shape index (κ2) is 8.70. The third-order valence-corrected chi connectivity index (χ3v) is 7.27. The molecule has 0 unspecified atom stereocenters. The Labute approximate surface area is 182 Å². The molecule has 3 aromatic heterocycles. The number of imidazole rings is 1. The summed E-state index contributed by atoms with van der Waals surface area (Å²) in [5.41, 5.74) is 2.86. The molecule has 0 aliphatic heterocycles. The summed E-state index contributed by atoms with van der Waals surface area (Å²) in [6.07, 6.45) is 14.1. The number of H-pyrrole nitrogens is 1. The summed E-state index contributed by atoms with van der Waals surface area (Å²) in [6.45, 7) is 0.452. The molecule has 3 heterocycles. The zero-order chi connectivity index (χ0) is 21.2. The zero-order valence-corrected chi connectivity index (χ0v) is 17.9. The number of hydrogen-bond acceptors (Lipinski definition) is 4. The number of amides is 1. The topological polar surface area (TPSA) is 99.4 Å². The van der Waals surface area contributed by atoms with Crippen molar-refractivity contribution < 1.29 is 4.79 Å². The molecule has 31 heavy (non-hydrogen) atoms. The van der Waals surface area contributed by atoms with Gasteiger partial charge < -0.3 is 14.9 Å². The van der Waals surface area contributed by atoms with Crippen molar-refractivity contribution in [1.29, 1.82) is 5.26 Å². The highest BCUT2D eigenvalue weighted by molar-refractivity contribution is 6.01. The first-order valence-electron chi connectivity index (χ1n) is 11.7. The quantitative estimate of drug-likeness (QED) is 0.624. The molecule has 5 rings (SSSR count). The van der Waals surface area contributed by atoms with E-state index in [4.69, 9.17) is 10.2 Å². The summed E-state index contributed by atoms with van der Waals surface area (Å²) in [5.74, 6) is 1.73. The van der Waals surface area contributed by atoms with Gasteiger partial charge in [0, 0.05) is 30.0 Å². The van der Waals surface area contributed by atoms with Crippen LogP contribution in [0, 0.1) is 23.2 Å². The van der Waals surface area contributed by atoms with Crippen LogP contribution in [0.15, 0.2) is 18.5 Å². The van der Waals surface area contributed by atoms with Crippen LogP contribution >= 0.6 is 0 Å². The normalized spacial score (nSPS) is 22.5. The second-order valence-corrected chi connectivity index (χ2v) is 9.22. The number of aromatic amines is 1. The summed E-state index contributed by atoms with van der Waals surface area (Å²) >= 11 is 0. The van der Waals surface area contributed by atoms with E-state index in [2.05, 4.69) is 32.0 Å². The van der Waals surface area contributed by atoms with Crippen LogP contribution < -0.4 is 5.32 Å². The number of rotatable bonds is 5. The van der Waals surface area contributed by atoms with Gasteiger partial charge in [0.25, 0.3) is 0 Å². The van der Waals surface area contributed by atoms with Crippen LogP contribution in [-0.2, 0) is 11.3 Å². The lowest BCUT2D eigenvalue weighted by molar-refractivity contribution is -0.126. The van der Waals surface area contributed by atoms with Gasteiger partial charge in [-0.3, -0.25) is 4.79 Å². The third kappa shape index (κ3) is 3.91. The molecule has 2 N–H and O–H groups in total. The molecule has 2 aliphatic carbocycles. The van der Waals surface area contributed by atoms with Crippen molar-refractivity contribution in [1.82, 2.24) is 24.8 Å². The number of nitrogens with zero attached hydrogens (tertiary/aromatic N) is 4. The Hall–Kier alpha value is -2.88. The van der Waals surface area contributed by atoms with E-state index in [0.29, 0.717) is 24.9 Å². The van der Waals surface area contributed by atoms with Gasteiger partial charge in [0.15, 0.2) is 0 Å². The Morgan fingerprint density at radius 1 is 1.19 bits per heavy atom. The molecule has 162 valence electrons. The Bertz CT molecular complexity index is 1110. The van der Waals surface area contributed by atoms with Gasteiger partial charge in [-0.1, -0.05) is 19.3 Å². The van der Waals surface area contributed by atoms with Gasteiger partial charge in [-0.25, -0.2) is 9.97 Å². The molecule has 7 heteroatoms. The molecule has 2 saturated carbocycles. The molecule has 0 saturated heterocycles. The number of hydrogen-bond donors (Lipinski definition) is 2. The van der Waals surface area contributed by atoms with Crippen molar-refractivity contribution in [2.24, 2.45) is 11.8 Å². The summed E-state index contributed by atoms with van der Waals surface area (Å²) < 4.78 is 2.36. The van der Waals surface area contributed by atoms with Gasteiger partial charge in [0.2, 0.25) is 5.91 Å². The average molecular weight is 419 g/mol. The number of aromatic nitrogens is 4. The largest absolute Gasteiger partial charge is 0.349 e. The summed E-state index contributed by atoms with van der Waals surface area (Å²) in [7, 11) is 0. The van der Waals surface area contributed by atoms with E-state index in [9.17, 15) is 4.79 Å². The molecule has 7 nitrogen and oxygen atoms in total. The summed E-state index contributed by atoms with van der Waals surface area (Å²) in [5, 5.41) is 13.3. The summed E-state index contributed by atoms with van der Waals surface area (Å²) in [6, 6.07) is 4.73. The van der Waals surface area contributed by atoms with Crippen LogP contribution in [0.2, 0.25) is 0 Å². The molecule has 0 atom stereocenters. The SMILES string of the molecule is N#CCC1CCC(n2c(CNC(=O)C3CCCCC3)nc3cnc4[nH]ccc4c32)CC1. The molecule has 2 fully saturated rings. The van der Waals surface area contributed by atoms with Crippen molar-refractivity contribution in [3.05, 3.63) is 24.3 Å². The van der Waals surface area contributed by atoms with Crippen molar-refractivity contribution in [3.63, 3.8) is 0 Å². The molecular weight excluding hydrogens is 388 g/mol. The number of pyridine rings is 1. The van der Waals surface area contributed by atoms with Crippen LogP contribution in [0.25, 0.3) is 22.1 Å². The van der Waals surface area contributed by atoms with E-state index in [0.717, 1.165) is 79.3 Å². The third-order valence-electron chi connectivity index (χ3n) is 7.27. The van der Waals surface area contributed by atoms with E-state index in [1.165, 1.54) is 6.42 Å². The molecule has 0 spiro atoms. The highest BCUT2D eigenvalue weighted by Gasteiger charge is 2.28. The first-order chi connectivity index (χ1) is 15.2. The predicted octanol–water partition coefficient (Wildman–Crippen LogP) is 4.75. The number of carbonyl (C=O) groups excluding carboxylic acids is 1. The Morgan fingerprint density at radius 3 is 2.77 bits per heavy atom. The number of nitrogens with one attached hydrogen (secondary N) is 2. The van der Waals surface area contributed by atoms with E-state index in [1.54, 1.807) is 0 Å². The average Bonchev–Trinajstić information content (AvgIpc) is 3.43. The molecule has 1 amide bonds. The molecule has 3 aromatic rings. The second-order valence-electron chi connectivity index (χ2n) is 9.22. The number of fused-ring (bicyclic) bond motifs is 3. The lowest BCUT2D eigenvalue weighted by Gasteiger charge is -2.30. The molecular formula is C24H30N6O. The maximum Gasteiger partial charge on any atom is 0.223 e. The molecule has 0 bridgehead atoms. The van der Waals surface area contributed by atoms with E-state index in [1.807, 2.05) is 12.4 Å². The minimum Gasteiger partial charge on any atom is -0.349 e. The van der Waals surface area contributed by atoms with Gasteiger partial charge in [0.1, 0.15) is 17.0 Å². The minimum absolute atomic E-state index is 0.144. The summed E-state index contributed by atoms with van der Waals surface area (Å²) in [4.78, 5) is 25.4. The van der Waals surface area contributed by atoms with E-state index >= 15 is 0 Å². The smallest absolute Gasteiger partial charge is 0.223 e. The lowest BCUT2D eigenvalue weighted by atomic mass is 9.84. The highest BCUT2D eigenvalue weighted by Crippen LogP contribution is 2.38. The van der Waals surface area contributed by atoms with Crippen molar-refractivity contribution in [2.45, 2.75) is 76.8 Å². The van der Waals surface area contributed by atoms with Gasteiger partial charge >= 0.3 is 0 Å². The van der Waals surface area contributed by atoms with E-state index < -0.39 is 0 Å². The van der Waals surface area contributed by atoms with Gasteiger partial charge in [0.05, 0.1) is 24.3 Å². The first-order valence-corrected chi connectivity index (χ1v) is 11.7. The van der Waals surface area contributed by atoms with Gasteiger partial charge in [-0.05, 0) is 50.5 Å². The standard InChI is InChI=1S/C24H30N6O/c25-12-10-16-6-8-18(9-7-16)30-21(15-28-24(31)17-4-2-1-3-5-17)29-20-14-27-23-19(22(20)30)11-13-26-23/h11,13-14,16-18H,1-10,15H2,(H,26,27)(H,28,31). The van der Waals surface area contributed by atoms with Crippen LogP contribution in [0.3, 0.4) is 0 Å². The fraction of sp³-hybridized carbons (Fsp3) is 0.583. The van der Waals surface area contributed by atoms with Gasteiger partial charge in [-0.15, -0.1) is 0 Å². The number of nitriles is 1. The van der Waals surface area contributed by atoms with Crippen LogP contribution in [0.5, 0.6) is 0 Å². The maximum atomic E-state index is 12.8. The van der Waals surface area contributed by atoms with Crippen LogP contribution in [-0.4, -0.2) is 25.4 Å². The van der Waals surface area contributed by atoms with Crippen molar-refractivity contribution >= 4 is 28.0 Å². The number of carbonyl (C=O) groups is 1. The monoisotopic (exact) mass is 418 g/mol. The zero-order valence-electron chi connectivity index (χ0n) is 17.9. The van der Waals surface area contributed by atoms with Crippen LogP contribution in [0.4, 0.5) is 0 Å². The minimum atomic E-state index is 0.144.